The van der Waals surface area contributed by atoms with E-state index in [0.717, 1.165) is 11.1 Å². The number of carbonyl (C=O) groups excluding carboxylic acids is 1. The van der Waals surface area contributed by atoms with Crippen LogP contribution in [0.3, 0.4) is 0 Å². The average molecular weight is 234 g/mol. The normalized spacial score (nSPS) is 12.6. The molecule has 1 aromatic carbocycles. The topological polar surface area (TPSA) is 37.3 Å². The Bertz CT molecular complexity index is 431. The van der Waals surface area contributed by atoms with Crippen molar-refractivity contribution in [3.63, 3.8) is 0 Å². The van der Waals surface area contributed by atoms with Crippen LogP contribution in [0.5, 0.6) is 0 Å². The third-order valence-electron chi connectivity index (χ3n) is 2.90. The number of aryl methyl sites for hydroxylation is 1. The Labute approximate surface area is 104 Å². The molecule has 0 amide bonds. The van der Waals surface area contributed by atoms with Crippen LogP contribution in [0.4, 0.5) is 0 Å². The van der Waals surface area contributed by atoms with E-state index >= 15 is 0 Å². The summed E-state index contributed by atoms with van der Waals surface area (Å²) in [6, 6.07) is 5.88. The Balaban J connectivity index is 3.30. The van der Waals surface area contributed by atoms with Gasteiger partial charge < -0.3 is 5.11 Å². The van der Waals surface area contributed by atoms with Crippen LogP contribution in [0.2, 0.25) is 0 Å². The molecule has 0 aliphatic carbocycles. The number of benzene rings is 1. The molecule has 0 aliphatic rings. The smallest absolute Gasteiger partial charge is 0.194 e. The second kappa shape index (κ2) is 4.26. The molecule has 0 radical (unpaired) electrons. The zero-order valence-electron chi connectivity index (χ0n) is 11.6. The number of hydrogen-bond acceptors (Lipinski definition) is 2. The molecule has 0 saturated carbocycles. The molecule has 0 unspecified atom stereocenters. The Kier molecular flexibility index (Phi) is 3.49. The van der Waals surface area contributed by atoms with Crippen LogP contribution < -0.4 is 0 Å². The lowest BCUT2D eigenvalue weighted by atomic mass is 9.83. The van der Waals surface area contributed by atoms with Gasteiger partial charge in [-0.15, -0.1) is 0 Å². The monoisotopic (exact) mass is 234 g/mol. The minimum absolute atomic E-state index is 0.00231. The van der Waals surface area contributed by atoms with Crippen molar-refractivity contribution in [2.45, 2.75) is 52.6 Å². The van der Waals surface area contributed by atoms with E-state index in [4.69, 9.17) is 0 Å². The number of aliphatic hydroxyl groups is 1. The van der Waals surface area contributed by atoms with Gasteiger partial charge in [-0.25, -0.2) is 0 Å². The highest BCUT2D eigenvalue weighted by Crippen LogP contribution is 2.26. The van der Waals surface area contributed by atoms with Crippen LogP contribution >= 0.6 is 0 Å². The molecule has 0 fully saturated rings. The van der Waals surface area contributed by atoms with E-state index in [9.17, 15) is 9.90 Å². The molecule has 0 spiro atoms. The van der Waals surface area contributed by atoms with E-state index in [1.807, 2.05) is 25.1 Å². The molecular formula is C15H22O2. The van der Waals surface area contributed by atoms with Crippen molar-refractivity contribution >= 4 is 5.78 Å². The van der Waals surface area contributed by atoms with Crippen LogP contribution in [-0.4, -0.2) is 16.5 Å². The fraction of sp³-hybridized carbons (Fsp3) is 0.533. The van der Waals surface area contributed by atoms with Gasteiger partial charge in [0, 0.05) is 5.56 Å². The fourth-order valence-electron chi connectivity index (χ4n) is 1.66. The first kappa shape index (κ1) is 13.9. The SMILES string of the molecule is Cc1ccc(C(C)(C)C)cc1C(=O)C(C)(C)O. The zero-order valence-corrected chi connectivity index (χ0v) is 11.6. The van der Waals surface area contributed by atoms with Gasteiger partial charge in [0.05, 0.1) is 0 Å². The Hall–Kier alpha value is -1.15. The molecule has 0 saturated heterocycles. The van der Waals surface area contributed by atoms with E-state index in [2.05, 4.69) is 20.8 Å². The van der Waals surface area contributed by atoms with Gasteiger partial charge in [-0.3, -0.25) is 4.79 Å². The van der Waals surface area contributed by atoms with Crippen LogP contribution in [0.25, 0.3) is 0 Å². The summed E-state index contributed by atoms with van der Waals surface area (Å²) in [5, 5.41) is 9.81. The molecule has 1 aromatic rings. The van der Waals surface area contributed by atoms with Crippen LogP contribution in [0.1, 0.15) is 56.1 Å². The minimum atomic E-state index is -1.32. The first-order valence-electron chi connectivity index (χ1n) is 5.92. The predicted octanol–water partition coefficient (Wildman–Crippen LogP) is 3.25. The van der Waals surface area contributed by atoms with Crippen molar-refractivity contribution in [2.75, 3.05) is 0 Å². The highest BCUT2D eigenvalue weighted by molar-refractivity contribution is 6.03. The molecule has 0 aliphatic heterocycles. The van der Waals surface area contributed by atoms with E-state index in [-0.39, 0.29) is 11.2 Å². The predicted molar refractivity (Wildman–Crippen MR) is 70.5 cm³/mol. The lowest BCUT2D eigenvalue weighted by Crippen LogP contribution is -2.32. The van der Waals surface area contributed by atoms with Gasteiger partial charge in [-0.05, 0) is 43.4 Å². The van der Waals surface area contributed by atoms with Gasteiger partial charge in [0.1, 0.15) is 5.60 Å². The number of rotatable bonds is 2. The number of ketones is 1. The maximum atomic E-state index is 12.1. The Morgan fingerprint density at radius 3 is 2.06 bits per heavy atom. The molecule has 2 nitrogen and oxygen atoms in total. The Morgan fingerprint density at radius 1 is 1.12 bits per heavy atom. The van der Waals surface area contributed by atoms with Crippen molar-refractivity contribution in [3.05, 3.63) is 34.9 Å². The summed E-state index contributed by atoms with van der Waals surface area (Å²) in [5.41, 5.74) is 1.31. The van der Waals surface area contributed by atoms with Gasteiger partial charge in [0.25, 0.3) is 0 Å². The zero-order chi connectivity index (χ0) is 13.4. The van der Waals surface area contributed by atoms with Crippen molar-refractivity contribution in [2.24, 2.45) is 0 Å². The minimum Gasteiger partial charge on any atom is -0.382 e. The van der Waals surface area contributed by atoms with E-state index in [1.165, 1.54) is 13.8 Å². The van der Waals surface area contributed by atoms with Crippen molar-refractivity contribution in [3.8, 4) is 0 Å². The largest absolute Gasteiger partial charge is 0.382 e. The third kappa shape index (κ3) is 3.16. The summed E-state index contributed by atoms with van der Waals surface area (Å²) in [6.45, 7) is 11.3. The summed E-state index contributed by atoms with van der Waals surface area (Å²) in [4.78, 5) is 12.1. The lowest BCUT2D eigenvalue weighted by molar-refractivity contribution is 0.0487. The van der Waals surface area contributed by atoms with E-state index in [1.54, 1.807) is 0 Å². The Morgan fingerprint density at radius 2 is 1.65 bits per heavy atom. The van der Waals surface area contributed by atoms with Crippen molar-refractivity contribution in [1.29, 1.82) is 0 Å². The van der Waals surface area contributed by atoms with Gasteiger partial charge in [-0.1, -0.05) is 32.9 Å². The molecule has 2 heteroatoms. The number of carbonyl (C=O) groups is 1. The summed E-state index contributed by atoms with van der Waals surface area (Å²) < 4.78 is 0. The first-order chi connectivity index (χ1) is 7.53. The molecule has 0 aromatic heterocycles. The molecule has 0 atom stereocenters. The summed E-state index contributed by atoms with van der Waals surface area (Å²) in [5.74, 6) is -0.221. The molecular weight excluding hydrogens is 212 g/mol. The fourth-order valence-corrected chi connectivity index (χ4v) is 1.66. The highest BCUT2D eigenvalue weighted by atomic mass is 16.3. The molecule has 1 N–H and O–H groups in total. The summed E-state index contributed by atoms with van der Waals surface area (Å²) >= 11 is 0. The van der Waals surface area contributed by atoms with Gasteiger partial charge >= 0.3 is 0 Å². The molecule has 94 valence electrons. The van der Waals surface area contributed by atoms with Crippen molar-refractivity contribution in [1.82, 2.24) is 0 Å². The van der Waals surface area contributed by atoms with Crippen LogP contribution in [-0.2, 0) is 5.41 Å². The van der Waals surface area contributed by atoms with Gasteiger partial charge in [0.15, 0.2) is 5.78 Å². The molecule has 0 bridgehead atoms. The molecule has 0 heterocycles. The molecule has 1 rings (SSSR count). The first-order valence-corrected chi connectivity index (χ1v) is 5.92. The summed E-state index contributed by atoms with van der Waals surface area (Å²) in [7, 11) is 0. The van der Waals surface area contributed by atoms with Crippen molar-refractivity contribution < 1.29 is 9.90 Å². The van der Waals surface area contributed by atoms with Crippen LogP contribution in [0.15, 0.2) is 18.2 Å². The van der Waals surface area contributed by atoms with Gasteiger partial charge in [-0.2, -0.15) is 0 Å². The van der Waals surface area contributed by atoms with Gasteiger partial charge in [0.2, 0.25) is 0 Å². The number of Topliss-reactive ketones (excluding diaryl/α,β-unsaturated/α-hetero) is 1. The number of hydrogen-bond donors (Lipinski definition) is 1. The van der Waals surface area contributed by atoms with E-state index < -0.39 is 5.60 Å². The second-order valence-electron chi connectivity index (χ2n) is 6.17. The highest BCUT2D eigenvalue weighted by Gasteiger charge is 2.27. The van der Waals surface area contributed by atoms with Crippen LogP contribution in [0, 0.1) is 6.92 Å². The maximum absolute atomic E-state index is 12.1. The maximum Gasteiger partial charge on any atom is 0.194 e. The molecule has 17 heavy (non-hydrogen) atoms. The standard InChI is InChI=1S/C15H22O2/c1-10-7-8-11(14(2,3)4)9-12(10)13(16)15(5,6)17/h7-9,17H,1-6H3. The quantitative estimate of drug-likeness (QED) is 0.798. The second-order valence-corrected chi connectivity index (χ2v) is 6.17. The van der Waals surface area contributed by atoms with E-state index in [0.29, 0.717) is 5.56 Å². The lowest BCUT2D eigenvalue weighted by Gasteiger charge is -2.22. The average Bonchev–Trinajstić information content (AvgIpc) is 2.14. The summed E-state index contributed by atoms with van der Waals surface area (Å²) in [6.07, 6.45) is 0. The third-order valence-corrected chi connectivity index (χ3v) is 2.90.